The first-order valence-electron chi connectivity index (χ1n) is 10.4. The number of anilines is 1. The van der Waals surface area contributed by atoms with Gasteiger partial charge in [-0.1, -0.05) is 18.2 Å². The molecule has 0 unspecified atom stereocenters. The molecule has 3 aromatic rings. The third-order valence-electron chi connectivity index (χ3n) is 5.26. The van der Waals surface area contributed by atoms with Gasteiger partial charge in [0.1, 0.15) is 5.82 Å². The molecule has 152 valence electrons. The molecule has 0 radical (unpaired) electrons. The number of hydrogen-bond acceptors (Lipinski definition) is 4. The number of pyridine rings is 1. The molecule has 1 N–H and O–H groups in total. The van der Waals surface area contributed by atoms with E-state index in [1.54, 1.807) is 0 Å². The highest BCUT2D eigenvalue weighted by Crippen LogP contribution is 2.17. The summed E-state index contributed by atoms with van der Waals surface area (Å²) in [5.74, 6) is 1.94. The molecule has 0 saturated carbocycles. The molecule has 1 aliphatic heterocycles. The second-order valence-electron chi connectivity index (χ2n) is 7.34. The molecule has 1 fully saturated rings. The minimum absolute atomic E-state index is 0.691. The van der Waals surface area contributed by atoms with E-state index in [0.717, 1.165) is 56.6 Å². The summed E-state index contributed by atoms with van der Waals surface area (Å²) in [7, 11) is 0. The van der Waals surface area contributed by atoms with E-state index in [4.69, 9.17) is 4.99 Å². The van der Waals surface area contributed by atoms with Gasteiger partial charge in [-0.3, -0.25) is 9.39 Å². The summed E-state index contributed by atoms with van der Waals surface area (Å²) in [6, 6.07) is 14.7. The number of hydrogen-bond donors (Lipinski definition) is 1. The van der Waals surface area contributed by atoms with E-state index >= 15 is 0 Å². The van der Waals surface area contributed by atoms with Gasteiger partial charge < -0.3 is 15.1 Å². The monoisotopic (exact) mass is 391 g/mol. The van der Waals surface area contributed by atoms with Crippen molar-refractivity contribution in [2.24, 2.45) is 4.99 Å². The maximum absolute atomic E-state index is 4.86. The quantitative estimate of drug-likeness (QED) is 0.534. The maximum Gasteiger partial charge on any atom is 0.194 e. The number of aromatic nitrogens is 3. The first kappa shape index (κ1) is 19.2. The molecular formula is C22H29N7. The lowest BCUT2D eigenvalue weighted by atomic mass is 10.2. The molecule has 1 saturated heterocycles. The van der Waals surface area contributed by atoms with Crippen LogP contribution in [0.5, 0.6) is 0 Å². The Kier molecular flexibility index (Phi) is 5.93. The number of aryl methyl sites for hydroxylation is 1. The fourth-order valence-corrected chi connectivity index (χ4v) is 3.75. The standard InChI is InChI=1S/C22H29N7/c1-3-23-22(24-11-10-21-26-25-20-9-4-5-12-29(20)21)28-15-13-27(14-16-28)19-8-6-7-18(2)17-19/h4-9,12,17H,3,10-11,13-16H2,1-2H3,(H,23,24). The lowest BCUT2D eigenvalue weighted by Crippen LogP contribution is -2.52. The summed E-state index contributed by atoms with van der Waals surface area (Å²) in [4.78, 5) is 9.68. The van der Waals surface area contributed by atoms with Crippen molar-refractivity contribution < 1.29 is 0 Å². The Bertz CT molecular complexity index is 970. The lowest BCUT2D eigenvalue weighted by Gasteiger charge is -2.37. The molecule has 0 amide bonds. The molecular weight excluding hydrogens is 362 g/mol. The predicted octanol–water partition coefficient (Wildman–Crippen LogP) is 2.37. The molecule has 0 atom stereocenters. The Morgan fingerprint density at radius 1 is 1.07 bits per heavy atom. The third kappa shape index (κ3) is 4.50. The van der Waals surface area contributed by atoms with Crippen molar-refractivity contribution in [2.45, 2.75) is 20.3 Å². The van der Waals surface area contributed by atoms with Gasteiger partial charge >= 0.3 is 0 Å². The molecule has 1 aromatic carbocycles. The van der Waals surface area contributed by atoms with Crippen LogP contribution in [-0.4, -0.2) is 64.7 Å². The van der Waals surface area contributed by atoms with Gasteiger partial charge in [-0.2, -0.15) is 0 Å². The van der Waals surface area contributed by atoms with Gasteiger partial charge in [0.25, 0.3) is 0 Å². The average molecular weight is 392 g/mol. The van der Waals surface area contributed by atoms with Crippen LogP contribution in [0.15, 0.2) is 53.7 Å². The smallest absolute Gasteiger partial charge is 0.194 e. The van der Waals surface area contributed by atoms with Crippen LogP contribution in [0.25, 0.3) is 5.65 Å². The van der Waals surface area contributed by atoms with Crippen molar-refractivity contribution in [3.63, 3.8) is 0 Å². The summed E-state index contributed by atoms with van der Waals surface area (Å²) < 4.78 is 2.03. The largest absolute Gasteiger partial charge is 0.368 e. The van der Waals surface area contributed by atoms with Crippen molar-refractivity contribution in [1.82, 2.24) is 24.8 Å². The van der Waals surface area contributed by atoms with E-state index in [2.05, 4.69) is 63.4 Å². The summed E-state index contributed by atoms with van der Waals surface area (Å²) in [6.07, 6.45) is 2.77. The molecule has 3 heterocycles. The van der Waals surface area contributed by atoms with Gasteiger partial charge in [0.15, 0.2) is 11.6 Å². The molecule has 4 rings (SSSR count). The van der Waals surface area contributed by atoms with Crippen molar-refractivity contribution in [2.75, 3.05) is 44.2 Å². The summed E-state index contributed by atoms with van der Waals surface area (Å²) in [5.41, 5.74) is 3.50. The van der Waals surface area contributed by atoms with Gasteiger partial charge in [0.05, 0.1) is 0 Å². The van der Waals surface area contributed by atoms with Gasteiger partial charge in [-0.25, -0.2) is 0 Å². The van der Waals surface area contributed by atoms with Crippen LogP contribution < -0.4 is 10.2 Å². The third-order valence-corrected chi connectivity index (χ3v) is 5.26. The van der Waals surface area contributed by atoms with Crippen LogP contribution >= 0.6 is 0 Å². The van der Waals surface area contributed by atoms with E-state index in [0.29, 0.717) is 6.54 Å². The normalized spacial score (nSPS) is 15.2. The van der Waals surface area contributed by atoms with Crippen LogP contribution in [0.4, 0.5) is 5.69 Å². The highest BCUT2D eigenvalue weighted by atomic mass is 15.3. The molecule has 29 heavy (non-hydrogen) atoms. The Morgan fingerprint density at radius 3 is 2.72 bits per heavy atom. The van der Waals surface area contributed by atoms with E-state index in [1.165, 1.54) is 11.3 Å². The topological polar surface area (TPSA) is 61.1 Å². The number of nitrogens with zero attached hydrogens (tertiary/aromatic N) is 6. The number of piperazine rings is 1. The zero-order valence-electron chi connectivity index (χ0n) is 17.3. The van der Waals surface area contributed by atoms with Crippen molar-refractivity contribution >= 4 is 17.3 Å². The number of fused-ring (bicyclic) bond motifs is 1. The van der Waals surface area contributed by atoms with Crippen molar-refractivity contribution in [3.05, 3.63) is 60.0 Å². The minimum Gasteiger partial charge on any atom is -0.368 e. The van der Waals surface area contributed by atoms with Crippen LogP contribution in [0.2, 0.25) is 0 Å². The molecule has 7 nitrogen and oxygen atoms in total. The van der Waals surface area contributed by atoms with Gasteiger partial charge in [0, 0.05) is 57.6 Å². The fourth-order valence-electron chi connectivity index (χ4n) is 3.75. The van der Waals surface area contributed by atoms with E-state index in [1.807, 2.05) is 28.8 Å². The molecule has 0 bridgehead atoms. The number of benzene rings is 1. The summed E-state index contributed by atoms with van der Waals surface area (Å²) >= 11 is 0. The number of nitrogens with one attached hydrogen (secondary N) is 1. The molecule has 7 heteroatoms. The second-order valence-corrected chi connectivity index (χ2v) is 7.34. The van der Waals surface area contributed by atoms with Crippen molar-refractivity contribution in [1.29, 1.82) is 0 Å². The van der Waals surface area contributed by atoms with E-state index in [-0.39, 0.29) is 0 Å². The Morgan fingerprint density at radius 2 is 1.93 bits per heavy atom. The molecule has 2 aromatic heterocycles. The zero-order valence-corrected chi connectivity index (χ0v) is 17.3. The zero-order chi connectivity index (χ0) is 20.1. The first-order valence-corrected chi connectivity index (χ1v) is 10.4. The van der Waals surface area contributed by atoms with E-state index < -0.39 is 0 Å². The fraction of sp³-hybridized carbons (Fsp3) is 0.409. The minimum atomic E-state index is 0.691. The van der Waals surface area contributed by atoms with Crippen LogP contribution in [0.3, 0.4) is 0 Å². The number of guanidine groups is 1. The maximum atomic E-state index is 4.86. The number of rotatable bonds is 5. The summed E-state index contributed by atoms with van der Waals surface area (Å²) in [6.45, 7) is 9.76. The Hall–Kier alpha value is -3.09. The SMILES string of the molecule is CCNC(=NCCc1nnc2ccccn12)N1CCN(c2cccc(C)c2)CC1. The van der Waals surface area contributed by atoms with Crippen LogP contribution in [-0.2, 0) is 6.42 Å². The molecule has 0 aliphatic carbocycles. The van der Waals surface area contributed by atoms with Gasteiger partial charge in [0.2, 0.25) is 0 Å². The van der Waals surface area contributed by atoms with Gasteiger partial charge in [-0.15, -0.1) is 10.2 Å². The first-order chi connectivity index (χ1) is 14.2. The van der Waals surface area contributed by atoms with Gasteiger partial charge in [-0.05, 0) is 43.7 Å². The highest BCUT2D eigenvalue weighted by molar-refractivity contribution is 5.80. The second kappa shape index (κ2) is 8.94. The lowest BCUT2D eigenvalue weighted by molar-refractivity contribution is 0.372. The number of aliphatic imine (C=N–C) groups is 1. The Balaban J connectivity index is 1.37. The molecule has 1 aliphatic rings. The van der Waals surface area contributed by atoms with Crippen LogP contribution in [0.1, 0.15) is 18.3 Å². The molecule has 0 spiro atoms. The predicted molar refractivity (Wildman–Crippen MR) is 118 cm³/mol. The summed E-state index contributed by atoms with van der Waals surface area (Å²) in [5, 5.41) is 12.0. The highest BCUT2D eigenvalue weighted by Gasteiger charge is 2.20. The average Bonchev–Trinajstić information content (AvgIpc) is 3.16. The Labute approximate surface area is 172 Å². The van der Waals surface area contributed by atoms with E-state index in [9.17, 15) is 0 Å². The van der Waals surface area contributed by atoms with Crippen LogP contribution in [0, 0.1) is 6.92 Å². The van der Waals surface area contributed by atoms with Crippen molar-refractivity contribution in [3.8, 4) is 0 Å².